The molecule has 1 aromatic heterocycles. The van der Waals surface area contributed by atoms with Gasteiger partial charge in [0, 0.05) is 0 Å². The number of hydrogen-bond donors (Lipinski definition) is 0. The summed E-state index contributed by atoms with van der Waals surface area (Å²) in [6.07, 6.45) is 0. The van der Waals surface area contributed by atoms with Crippen molar-refractivity contribution in [2.75, 3.05) is 0 Å². The van der Waals surface area contributed by atoms with Crippen molar-refractivity contribution in [2.24, 2.45) is 0 Å². The minimum atomic E-state index is 0.00769. The molecule has 0 radical (unpaired) electrons. The molecule has 20 heavy (non-hydrogen) atoms. The highest BCUT2D eigenvalue weighted by Crippen LogP contribution is 2.27. The molecule has 0 spiro atoms. The third-order valence-electron chi connectivity index (χ3n) is 3.52. The number of hydrogen-bond acceptors (Lipinski definition) is 2. The molecule has 0 atom stereocenters. The summed E-state index contributed by atoms with van der Waals surface area (Å²) in [5, 5.41) is 3.33. The molecule has 0 saturated heterocycles. The first-order chi connectivity index (χ1) is 9.74. The van der Waals surface area contributed by atoms with Crippen LogP contribution in [0.2, 0.25) is 0 Å². The predicted molar refractivity (Wildman–Crippen MR) is 85.2 cm³/mol. The van der Waals surface area contributed by atoms with Crippen LogP contribution in [0.3, 0.4) is 0 Å². The van der Waals surface area contributed by atoms with Gasteiger partial charge in [0.1, 0.15) is 5.58 Å². The van der Waals surface area contributed by atoms with Crippen molar-refractivity contribution >= 4 is 48.6 Å². The van der Waals surface area contributed by atoms with Crippen LogP contribution in [-0.2, 0) is 0 Å². The van der Waals surface area contributed by atoms with Gasteiger partial charge >= 0.3 is 0 Å². The molecule has 0 N–H and O–H groups in total. The van der Waals surface area contributed by atoms with Crippen molar-refractivity contribution in [1.29, 1.82) is 0 Å². The fraction of sp³-hybridized carbons (Fsp3) is 0. The lowest BCUT2D eigenvalue weighted by Gasteiger charge is -2.04. The Morgan fingerprint density at radius 2 is 1.60 bits per heavy atom. The maximum Gasteiger partial charge on any atom is 0.200 e. The lowest BCUT2D eigenvalue weighted by Crippen LogP contribution is -2.02. The molecule has 0 aliphatic heterocycles. The molecule has 0 fully saturated rings. The van der Waals surface area contributed by atoms with Gasteiger partial charge in [0.2, 0.25) is 5.43 Å². The van der Waals surface area contributed by atoms with Gasteiger partial charge in [-0.2, -0.15) is 0 Å². The molecule has 4 aromatic rings. The van der Waals surface area contributed by atoms with E-state index in [-0.39, 0.29) is 5.43 Å². The fourth-order valence-corrected chi connectivity index (χ4v) is 2.97. The van der Waals surface area contributed by atoms with Crippen molar-refractivity contribution in [3.8, 4) is 0 Å². The zero-order valence-electron chi connectivity index (χ0n) is 10.4. The summed E-state index contributed by atoms with van der Waals surface area (Å²) in [6.45, 7) is 0. The van der Waals surface area contributed by atoms with E-state index in [1.807, 2.05) is 48.5 Å². The molecule has 1 heterocycles. The van der Waals surface area contributed by atoms with Crippen molar-refractivity contribution in [1.82, 2.24) is 0 Å². The number of para-hydroxylation sites is 1. The highest BCUT2D eigenvalue weighted by atomic mass is 79.9. The number of rotatable bonds is 0. The van der Waals surface area contributed by atoms with Crippen LogP contribution in [0.4, 0.5) is 0 Å². The Kier molecular flexibility index (Phi) is 2.44. The zero-order valence-corrected chi connectivity index (χ0v) is 12.0. The van der Waals surface area contributed by atoms with Crippen LogP contribution in [0, 0.1) is 0 Å². The molecule has 0 saturated carbocycles. The summed E-state index contributed by atoms with van der Waals surface area (Å²) in [5.41, 5.74) is 1.22. The van der Waals surface area contributed by atoms with E-state index in [1.165, 1.54) is 0 Å². The van der Waals surface area contributed by atoms with E-state index < -0.39 is 0 Å². The lowest BCUT2D eigenvalue weighted by molar-refractivity contribution is 0.658. The first-order valence-corrected chi connectivity index (χ1v) is 7.07. The van der Waals surface area contributed by atoms with Crippen LogP contribution in [0.25, 0.3) is 32.7 Å². The van der Waals surface area contributed by atoms with Crippen LogP contribution in [-0.4, -0.2) is 0 Å². The Morgan fingerprint density at radius 3 is 2.40 bits per heavy atom. The van der Waals surface area contributed by atoms with Gasteiger partial charge in [-0.05, 0) is 51.0 Å². The molecule has 0 unspecified atom stereocenters. The summed E-state index contributed by atoms with van der Waals surface area (Å²) in [4.78, 5) is 12.6. The number of benzene rings is 3. The smallest absolute Gasteiger partial charge is 0.200 e. The number of halogens is 1. The van der Waals surface area contributed by atoms with Crippen molar-refractivity contribution in [3.05, 3.63) is 69.3 Å². The second-order valence-corrected chi connectivity index (χ2v) is 5.60. The summed E-state index contributed by atoms with van der Waals surface area (Å²) in [5.74, 6) is 0. The topological polar surface area (TPSA) is 30.2 Å². The Balaban J connectivity index is 2.29. The fourth-order valence-electron chi connectivity index (χ4n) is 2.53. The first-order valence-electron chi connectivity index (χ1n) is 6.28. The monoisotopic (exact) mass is 324 g/mol. The van der Waals surface area contributed by atoms with Crippen LogP contribution < -0.4 is 5.43 Å². The zero-order chi connectivity index (χ0) is 13.7. The molecule has 3 aromatic carbocycles. The quantitative estimate of drug-likeness (QED) is 0.432. The average molecular weight is 325 g/mol. The largest absolute Gasteiger partial charge is 0.455 e. The van der Waals surface area contributed by atoms with Gasteiger partial charge in [-0.15, -0.1) is 0 Å². The summed E-state index contributed by atoms with van der Waals surface area (Å²) in [7, 11) is 0. The average Bonchev–Trinajstić information content (AvgIpc) is 2.47. The third kappa shape index (κ3) is 1.60. The van der Waals surface area contributed by atoms with Gasteiger partial charge in [-0.25, -0.2) is 0 Å². The third-order valence-corrected chi connectivity index (χ3v) is 4.14. The maximum atomic E-state index is 12.6. The highest BCUT2D eigenvalue weighted by molar-refractivity contribution is 9.10. The SMILES string of the molecule is O=c1c2cc3ccccc3cc2oc2c(Br)cccc12. The van der Waals surface area contributed by atoms with Crippen molar-refractivity contribution in [3.63, 3.8) is 0 Å². The molecule has 0 amide bonds. The molecule has 2 nitrogen and oxygen atoms in total. The maximum absolute atomic E-state index is 12.6. The molecule has 0 bridgehead atoms. The second-order valence-electron chi connectivity index (χ2n) is 4.74. The van der Waals surface area contributed by atoms with Gasteiger partial charge in [-0.1, -0.05) is 30.3 Å². The molecule has 0 aliphatic carbocycles. The van der Waals surface area contributed by atoms with Crippen LogP contribution in [0.1, 0.15) is 0 Å². The molecular formula is C17H9BrO2. The number of fused-ring (bicyclic) bond motifs is 3. The molecule has 3 heteroatoms. The van der Waals surface area contributed by atoms with Crippen molar-refractivity contribution < 1.29 is 4.42 Å². The minimum absolute atomic E-state index is 0.00769. The van der Waals surface area contributed by atoms with E-state index in [2.05, 4.69) is 15.9 Å². The van der Waals surface area contributed by atoms with E-state index in [0.29, 0.717) is 21.9 Å². The molecule has 4 rings (SSSR count). The van der Waals surface area contributed by atoms with E-state index >= 15 is 0 Å². The molecular weight excluding hydrogens is 316 g/mol. The second kappa shape index (κ2) is 4.18. The standard InChI is InChI=1S/C17H9BrO2/c18-14-7-3-6-12-16(19)13-8-10-4-1-2-5-11(10)9-15(13)20-17(12)14/h1-9H. The van der Waals surface area contributed by atoms with E-state index in [4.69, 9.17) is 4.42 Å². The molecule has 96 valence electrons. The van der Waals surface area contributed by atoms with E-state index in [9.17, 15) is 4.79 Å². The van der Waals surface area contributed by atoms with Crippen LogP contribution >= 0.6 is 15.9 Å². The normalized spacial score (nSPS) is 11.4. The van der Waals surface area contributed by atoms with E-state index in [1.54, 1.807) is 6.07 Å². The Hall–Kier alpha value is -2.13. The van der Waals surface area contributed by atoms with E-state index in [0.717, 1.165) is 15.2 Å². The Bertz CT molecular complexity index is 1030. The van der Waals surface area contributed by atoms with Crippen LogP contribution in [0.5, 0.6) is 0 Å². The highest BCUT2D eigenvalue weighted by Gasteiger charge is 2.10. The minimum Gasteiger partial charge on any atom is -0.455 e. The van der Waals surface area contributed by atoms with Gasteiger partial charge in [-0.3, -0.25) is 4.79 Å². The lowest BCUT2D eigenvalue weighted by atomic mass is 10.1. The Morgan fingerprint density at radius 1 is 0.850 bits per heavy atom. The predicted octanol–water partition coefficient (Wildman–Crippen LogP) is 4.86. The van der Waals surface area contributed by atoms with Gasteiger partial charge in [0.15, 0.2) is 5.58 Å². The van der Waals surface area contributed by atoms with Crippen molar-refractivity contribution in [2.45, 2.75) is 0 Å². The van der Waals surface area contributed by atoms with Gasteiger partial charge in [0.05, 0.1) is 15.2 Å². The summed E-state index contributed by atoms with van der Waals surface area (Å²) >= 11 is 3.43. The van der Waals surface area contributed by atoms with Gasteiger partial charge < -0.3 is 4.42 Å². The first kappa shape index (κ1) is 11.7. The molecule has 0 aliphatic rings. The van der Waals surface area contributed by atoms with Crippen LogP contribution in [0.15, 0.2) is 68.3 Å². The summed E-state index contributed by atoms with van der Waals surface area (Å²) < 4.78 is 6.71. The Labute approximate surface area is 122 Å². The summed E-state index contributed by atoms with van der Waals surface area (Å²) in [6, 6.07) is 17.3. The van der Waals surface area contributed by atoms with Gasteiger partial charge in [0.25, 0.3) is 0 Å².